The molecular weight excluding hydrogens is 134 g/mol. The summed E-state index contributed by atoms with van der Waals surface area (Å²) in [5.41, 5.74) is 0. The molecule has 0 aromatic carbocycles. The molecule has 2 nitrogen and oxygen atoms in total. The molecule has 44 valence electrons. The standard InChI is InChI=1S/C3H7NOS.ClH/c1-4(2)3(5)6;/h1-2H3,(H,5,6);1H. The number of thiol groups is 1. The molecule has 0 heterocycles. The first-order chi connectivity index (χ1) is 2.64. The van der Waals surface area contributed by atoms with Crippen LogP contribution in [0.4, 0.5) is 4.79 Å². The molecule has 0 aromatic rings. The van der Waals surface area contributed by atoms with Gasteiger partial charge in [-0.1, -0.05) is 0 Å². The fourth-order valence-electron chi connectivity index (χ4n) is 0. The zero-order valence-corrected chi connectivity index (χ0v) is 5.88. The van der Waals surface area contributed by atoms with Crippen molar-refractivity contribution in [2.45, 2.75) is 0 Å². The van der Waals surface area contributed by atoms with E-state index in [1.165, 1.54) is 0 Å². The molecule has 0 spiro atoms. The molecule has 0 saturated heterocycles. The monoisotopic (exact) mass is 141 g/mol. The van der Waals surface area contributed by atoms with Crippen LogP contribution >= 0.6 is 12.6 Å². The average molecular weight is 142 g/mol. The number of rotatable bonds is 0. The van der Waals surface area contributed by atoms with Crippen LogP contribution in [0.3, 0.4) is 0 Å². The van der Waals surface area contributed by atoms with Gasteiger partial charge in [0.15, 0.2) is 0 Å². The lowest BCUT2D eigenvalue weighted by Gasteiger charge is -1.93. The Labute approximate surface area is 54.7 Å². The maximum atomic E-state index is 9.97. The third kappa shape index (κ3) is 6.27. The first-order valence-corrected chi connectivity index (χ1v) is 2.12. The van der Waals surface area contributed by atoms with Gasteiger partial charge in [-0.15, -0.1) is 0 Å². The van der Waals surface area contributed by atoms with Crippen molar-refractivity contribution in [2.75, 3.05) is 14.1 Å². The molecule has 0 bridgehead atoms. The molecule has 0 aliphatic carbocycles. The van der Waals surface area contributed by atoms with Gasteiger partial charge in [0, 0.05) is 0 Å². The molecule has 1 N–H and O–H groups in total. The summed E-state index contributed by atoms with van der Waals surface area (Å²) < 4.78 is 0. The Morgan fingerprint density at radius 3 is 1.71 bits per heavy atom. The van der Waals surface area contributed by atoms with Crippen molar-refractivity contribution in [2.24, 2.45) is 0 Å². The molecule has 0 aromatic heterocycles. The van der Waals surface area contributed by atoms with E-state index in [0.29, 0.717) is 0 Å². The highest BCUT2D eigenvalue weighted by Gasteiger charge is 1.96. The van der Waals surface area contributed by atoms with Gasteiger partial charge in [0.25, 0.3) is 0 Å². The predicted octanol–water partition coefficient (Wildman–Crippen LogP) is -3.82. The molecular formula is C3H8ClNOS. The van der Waals surface area contributed by atoms with Gasteiger partial charge in [-0.2, -0.15) is 0 Å². The van der Waals surface area contributed by atoms with Gasteiger partial charge >= 0.3 is 5.24 Å². The van der Waals surface area contributed by atoms with Gasteiger partial charge < -0.3 is 12.4 Å². The van der Waals surface area contributed by atoms with E-state index >= 15 is 0 Å². The van der Waals surface area contributed by atoms with Crippen molar-refractivity contribution in [3.8, 4) is 0 Å². The third-order valence-corrected chi connectivity index (χ3v) is 0.875. The molecule has 0 fully saturated rings. The molecule has 0 rings (SSSR count). The van der Waals surface area contributed by atoms with Crippen molar-refractivity contribution < 1.29 is 22.1 Å². The molecule has 0 atom stereocenters. The van der Waals surface area contributed by atoms with Crippen LogP contribution < -0.4 is 17.3 Å². The Kier molecular flexibility index (Phi) is 6.51. The number of hydrogen-bond acceptors (Lipinski definition) is 1. The Balaban J connectivity index is 0. The summed E-state index contributed by atoms with van der Waals surface area (Å²) in [6, 6.07) is 0. The van der Waals surface area contributed by atoms with Gasteiger partial charge in [-0.25, -0.2) is 4.79 Å². The van der Waals surface area contributed by atoms with Crippen LogP contribution in [0.2, 0.25) is 0 Å². The van der Waals surface area contributed by atoms with Crippen LogP contribution in [-0.4, -0.2) is 19.3 Å². The maximum Gasteiger partial charge on any atom is 0.369 e. The number of amides is 1. The predicted molar refractivity (Wildman–Crippen MR) is 27.2 cm³/mol. The Bertz CT molecular complexity index is 66.0. The quantitative estimate of drug-likeness (QED) is 0.332. The Morgan fingerprint density at radius 2 is 1.71 bits per heavy atom. The van der Waals surface area contributed by atoms with E-state index < -0.39 is 0 Å². The van der Waals surface area contributed by atoms with Crippen molar-refractivity contribution in [3.63, 3.8) is 0 Å². The van der Waals surface area contributed by atoms with E-state index in [-0.39, 0.29) is 17.6 Å². The van der Waals surface area contributed by atoms with Crippen LogP contribution in [0, 0.1) is 0 Å². The van der Waals surface area contributed by atoms with Crippen molar-refractivity contribution >= 4 is 17.9 Å². The number of carbonyl (C=O) groups excluding carboxylic acids is 1. The van der Waals surface area contributed by atoms with E-state index in [1.807, 2.05) is 0 Å². The van der Waals surface area contributed by atoms with Crippen LogP contribution in [-0.2, 0) is 0 Å². The van der Waals surface area contributed by atoms with Gasteiger partial charge in [-0.05, 0) is 12.6 Å². The van der Waals surface area contributed by atoms with Gasteiger partial charge in [-0.3, -0.25) is 4.90 Å². The summed E-state index contributed by atoms with van der Waals surface area (Å²) in [7, 11) is 3.46. The molecule has 0 unspecified atom stereocenters. The van der Waals surface area contributed by atoms with Crippen LogP contribution in [0.1, 0.15) is 0 Å². The van der Waals surface area contributed by atoms with E-state index in [1.54, 1.807) is 14.1 Å². The highest BCUT2D eigenvalue weighted by Crippen LogP contribution is 1.61. The first kappa shape index (κ1) is 10.3. The number of carbonyl (C=O) groups is 1. The number of quaternary nitrogens is 1. The van der Waals surface area contributed by atoms with E-state index in [2.05, 4.69) is 12.6 Å². The average Bonchev–Trinajstić information content (AvgIpc) is 1.36. The number of halogens is 1. The van der Waals surface area contributed by atoms with Crippen molar-refractivity contribution in [1.82, 2.24) is 0 Å². The normalized spacial score (nSPS) is 8.00. The topological polar surface area (TPSA) is 21.5 Å². The minimum Gasteiger partial charge on any atom is -1.00 e. The summed E-state index contributed by atoms with van der Waals surface area (Å²) in [4.78, 5) is 10.7. The van der Waals surface area contributed by atoms with Gasteiger partial charge in [0.05, 0.1) is 14.1 Å². The molecule has 0 aliphatic rings. The second kappa shape index (κ2) is 4.43. The highest BCUT2D eigenvalue weighted by atomic mass is 35.5. The van der Waals surface area contributed by atoms with Crippen molar-refractivity contribution in [3.05, 3.63) is 0 Å². The summed E-state index contributed by atoms with van der Waals surface area (Å²) in [6.45, 7) is 0. The van der Waals surface area contributed by atoms with E-state index in [9.17, 15) is 4.79 Å². The van der Waals surface area contributed by atoms with Crippen molar-refractivity contribution in [1.29, 1.82) is 0 Å². The number of hydrogen-bond donors (Lipinski definition) is 2. The van der Waals surface area contributed by atoms with Crippen LogP contribution in [0.15, 0.2) is 0 Å². The largest absolute Gasteiger partial charge is 1.00 e. The van der Waals surface area contributed by atoms with Crippen LogP contribution in [0.25, 0.3) is 0 Å². The van der Waals surface area contributed by atoms with E-state index in [4.69, 9.17) is 0 Å². The zero-order valence-electron chi connectivity index (χ0n) is 4.23. The summed E-state index contributed by atoms with van der Waals surface area (Å²) in [6.07, 6.45) is 0. The van der Waals surface area contributed by atoms with E-state index in [0.717, 1.165) is 4.90 Å². The second-order valence-corrected chi connectivity index (χ2v) is 1.71. The fourth-order valence-corrected chi connectivity index (χ4v) is 0. The lowest BCUT2D eigenvalue weighted by Crippen LogP contribution is -3.07. The van der Waals surface area contributed by atoms with Gasteiger partial charge in [0.1, 0.15) is 0 Å². The zero-order chi connectivity index (χ0) is 5.15. The minimum absolute atomic E-state index is 0. The lowest BCUT2D eigenvalue weighted by atomic mass is 11.0. The summed E-state index contributed by atoms with van der Waals surface area (Å²) in [5.74, 6) is 0. The summed E-state index contributed by atoms with van der Waals surface area (Å²) >= 11 is 3.52. The first-order valence-electron chi connectivity index (χ1n) is 1.68. The Morgan fingerprint density at radius 1 is 1.57 bits per heavy atom. The highest BCUT2D eigenvalue weighted by molar-refractivity contribution is 7.95. The molecule has 0 saturated carbocycles. The van der Waals surface area contributed by atoms with Crippen LogP contribution in [0.5, 0.6) is 0 Å². The maximum absolute atomic E-state index is 9.97. The minimum atomic E-state index is -0.130. The fraction of sp³-hybridized carbons (Fsp3) is 0.667. The van der Waals surface area contributed by atoms with Gasteiger partial charge in [0.2, 0.25) is 0 Å². The second-order valence-electron chi connectivity index (χ2n) is 1.31. The molecule has 4 heteroatoms. The summed E-state index contributed by atoms with van der Waals surface area (Å²) in [5, 5.41) is -0.130. The molecule has 1 amide bonds. The number of nitrogens with one attached hydrogen (secondary N) is 1. The smallest absolute Gasteiger partial charge is 0.369 e. The third-order valence-electron chi connectivity index (χ3n) is 0.428. The molecule has 7 heavy (non-hydrogen) atoms. The molecule has 0 aliphatic heterocycles. The Hall–Kier alpha value is 0.270. The lowest BCUT2D eigenvalue weighted by molar-refractivity contribution is -0.761. The SMILES string of the molecule is C[NH+](C)C(=O)S.[Cl-]. The molecule has 0 radical (unpaired) electrons.